The summed E-state index contributed by atoms with van der Waals surface area (Å²) in [5.74, 6) is 0.345. The summed E-state index contributed by atoms with van der Waals surface area (Å²) in [7, 11) is 3.66. The first-order valence-electron chi connectivity index (χ1n) is 7.50. The van der Waals surface area contributed by atoms with Gasteiger partial charge in [-0.3, -0.25) is 4.79 Å². The molecule has 0 saturated carbocycles. The second-order valence-electron chi connectivity index (χ2n) is 5.76. The Hall–Kier alpha value is -1.79. The number of nitrogens with two attached hydrogens (primary N) is 1. The Morgan fingerprint density at radius 1 is 1.50 bits per heavy atom. The summed E-state index contributed by atoms with van der Waals surface area (Å²) < 4.78 is 11.4. The summed E-state index contributed by atoms with van der Waals surface area (Å²) in [4.78, 5) is 13.0. The van der Waals surface area contributed by atoms with Crippen LogP contribution >= 0.6 is 0 Å². The van der Waals surface area contributed by atoms with Gasteiger partial charge in [0.1, 0.15) is 6.10 Å². The van der Waals surface area contributed by atoms with Crippen molar-refractivity contribution >= 4 is 5.97 Å². The van der Waals surface area contributed by atoms with Gasteiger partial charge in [-0.2, -0.15) is 0 Å². The van der Waals surface area contributed by atoms with E-state index in [2.05, 4.69) is 11.9 Å². The normalized spacial score (nSPS) is 20.4. The van der Waals surface area contributed by atoms with Gasteiger partial charge in [-0.15, -0.1) is 0 Å². The highest BCUT2D eigenvalue weighted by Gasteiger charge is 2.21. The molecule has 0 aliphatic carbocycles. The maximum absolute atomic E-state index is 10.8. The molecule has 6 nitrogen and oxygen atoms in total. The zero-order valence-electron chi connectivity index (χ0n) is 13.1. The molecule has 1 heterocycles. The molecule has 2 rings (SSSR count). The van der Waals surface area contributed by atoms with E-state index in [1.165, 1.54) is 0 Å². The summed E-state index contributed by atoms with van der Waals surface area (Å²) in [5.41, 5.74) is 6.62. The molecule has 0 radical (unpaired) electrons. The fourth-order valence-electron chi connectivity index (χ4n) is 2.71. The highest BCUT2D eigenvalue weighted by Crippen LogP contribution is 2.32. The molecule has 0 amide bonds. The molecule has 1 aliphatic heterocycles. The van der Waals surface area contributed by atoms with Crippen LogP contribution < -0.4 is 15.2 Å². The molecule has 0 aromatic heterocycles. The molecule has 122 valence electrons. The second kappa shape index (κ2) is 7.47. The van der Waals surface area contributed by atoms with Crippen LogP contribution in [0.5, 0.6) is 11.5 Å². The number of likely N-dealkylation sites (tertiary alicyclic amines) is 1. The second-order valence-corrected chi connectivity index (χ2v) is 5.76. The molecule has 1 aromatic rings. The summed E-state index contributed by atoms with van der Waals surface area (Å²) in [6.07, 6.45) is 2.17. The number of carboxylic acids is 1. The maximum atomic E-state index is 10.8. The van der Waals surface area contributed by atoms with Crippen molar-refractivity contribution in [3.8, 4) is 11.5 Å². The van der Waals surface area contributed by atoms with Crippen molar-refractivity contribution in [2.24, 2.45) is 5.73 Å². The lowest BCUT2D eigenvalue weighted by Gasteiger charge is -2.30. The standard InChI is InChI=1S/C16H24N2O4/c1-18-7-3-4-12(10-18)22-14-6-5-11(8-15(14)21-2)13(17)9-16(19)20/h5-6,8,12-13H,3-4,7,9-10,17H2,1-2H3,(H,19,20). The number of hydrogen-bond acceptors (Lipinski definition) is 5. The van der Waals surface area contributed by atoms with E-state index in [1.807, 2.05) is 6.07 Å². The average Bonchev–Trinajstić information content (AvgIpc) is 2.47. The quantitative estimate of drug-likeness (QED) is 0.831. The van der Waals surface area contributed by atoms with Gasteiger partial charge < -0.3 is 25.2 Å². The summed E-state index contributed by atoms with van der Waals surface area (Å²) in [6, 6.07) is 4.82. The van der Waals surface area contributed by atoms with Crippen LogP contribution in [0.15, 0.2) is 18.2 Å². The smallest absolute Gasteiger partial charge is 0.305 e. The first-order chi connectivity index (χ1) is 10.5. The number of hydrogen-bond donors (Lipinski definition) is 2. The van der Waals surface area contributed by atoms with Crippen LogP contribution in [-0.4, -0.2) is 49.3 Å². The third-order valence-corrected chi connectivity index (χ3v) is 3.89. The first-order valence-corrected chi connectivity index (χ1v) is 7.50. The Bertz CT molecular complexity index is 521. The average molecular weight is 308 g/mol. The Kier molecular flexibility index (Phi) is 5.63. The first kappa shape index (κ1) is 16.6. The lowest BCUT2D eigenvalue weighted by molar-refractivity contribution is -0.137. The molecule has 1 saturated heterocycles. The lowest BCUT2D eigenvalue weighted by atomic mass is 10.0. The number of rotatable bonds is 6. The van der Waals surface area contributed by atoms with Crippen LogP contribution in [0.4, 0.5) is 0 Å². The van der Waals surface area contributed by atoms with E-state index in [9.17, 15) is 4.79 Å². The third-order valence-electron chi connectivity index (χ3n) is 3.89. The number of likely N-dealkylation sites (N-methyl/N-ethyl adjacent to an activating group) is 1. The SMILES string of the molecule is COc1cc(C(N)CC(=O)O)ccc1OC1CCCN(C)C1. The number of benzene rings is 1. The van der Waals surface area contributed by atoms with Gasteiger partial charge >= 0.3 is 5.97 Å². The summed E-state index contributed by atoms with van der Waals surface area (Å²) in [5, 5.41) is 8.83. The molecule has 6 heteroatoms. The Morgan fingerprint density at radius 2 is 2.27 bits per heavy atom. The molecule has 0 spiro atoms. The van der Waals surface area contributed by atoms with Crippen LogP contribution in [0.3, 0.4) is 0 Å². The summed E-state index contributed by atoms with van der Waals surface area (Å²) in [6.45, 7) is 1.99. The zero-order chi connectivity index (χ0) is 16.1. The molecule has 1 aromatic carbocycles. The van der Waals surface area contributed by atoms with Gasteiger partial charge in [0.15, 0.2) is 11.5 Å². The largest absolute Gasteiger partial charge is 0.493 e. The van der Waals surface area contributed by atoms with Crippen molar-refractivity contribution in [2.75, 3.05) is 27.2 Å². The van der Waals surface area contributed by atoms with Crippen LogP contribution in [0.2, 0.25) is 0 Å². The fourth-order valence-corrected chi connectivity index (χ4v) is 2.71. The molecule has 0 bridgehead atoms. The predicted molar refractivity (Wildman–Crippen MR) is 83.3 cm³/mol. The molecule has 2 atom stereocenters. The van der Waals surface area contributed by atoms with Crippen LogP contribution in [0.1, 0.15) is 30.9 Å². The van der Waals surface area contributed by atoms with Crippen molar-refractivity contribution in [3.05, 3.63) is 23.8 Å². The van der Waals surface area contributed by atoms with Crippen molar-refractivity contribution in [3.63, 3.8) is 0 Å². The van der Waals surface area contributed by atoms with Crippen molar-refractivity contribution in [2.45, 2.75) is 31.4 Å². The van der Waals surface area contributed by atoms with Gasteiger partial charge in [-0.1, -0.05) is 6.07 Å². The number of piperidine rings is 1. The lowest BCUT2D eigenvalue weighted by Crippen LogP contribution is -2.38. The molecular formula is C16H24N2O4. The predicted octanol–water partition coefficient (Wildman–Crippen LogP) is 1.64. The number of carboxylic acid groups (broad SMARTS) is 1. The van der Waals surface area contributed by atoms with Gasteiger partial charge in [0.05, 0.1) is 13.5 Å². The fraction of sp³-hybridized carbons (Fsp3) is 0.562. The number of nitrogens with zero attached hydrogens (tertiary/aromatic N) is 1. The van der Waals surface area contributed by atoms with Crippen molar-refractivity contribution in [1.29, 1.82) is 0 Å². The minimum atomic E-state index is -0.919. The van der Waals surface area contributed by atoms with Crippen LogP contribution in [0.25, 0.3) is 0 Å². The number of methoxy groups -OCH3 is 1. The van der Waals surface area contributed by atoms with Gasteiger partial charge in [-0.25, -0.2) is 0 Å². The summed E-state index contributed by atoms with van der Waals surface area (Å²) >= 11 is 0. The van der Waals surface area contributed by atoms with Crippen LogP contribution in [-0.2, 0) is 4.79 Å². The van der Waals surface area contributed by atoms with Crippen molar-refractivity contribution < 1.29 is 19.4 Å². The van der Waals surface area contributed by atoms with E-state index in [4.69, 9.17) is 20.3 Å². The third kappa shape index (κ3) is 4.35. The number of aliphatic carboxylic acids is 1. The molecule has 3 N–H and O–H groups in total. The van der Waals surface area contributed by atoms with Gasteiger partial charge in [0, 0.05) is 12.6 Å². The van der Waals surface area contributed by atoms with E-state index in [0.29, 0.717) is 11.5 Å². The molecule has 2 unspecified atom stereocenters. The van der Waals surface area contributed by atoms with Gasteiger partial charge in [0.2, 0.25) is 0 Å². The van der Waals surface area contributed by atoms with Gasteiger partial charge in [-0.05, 0) is 44.1 Å². The highest BCUT2D eigenvalue weighted by atomic mass is 16.5. The maximum Gasteiger partial charge on any atom is 0.305 e. The highest BCUT2D eigenvalue weighted by molar-refractivity contribution is 5.68. The van der Waals surface area contributed by atoms with Crippen LogP contribution in [0, 0.1) is 0 Å². The van der Waals surface area contributed by atoms with E-state index in [0.717, 1.165) is 31.5 Å². The Labute approximate surface area is 130 Å². The van der Waals surface area contributed by atoms with E-state index < -0.39 is 12.0 Å². The molecule has 1 aliphatic rings. The number of ether oxygens (including phenoxy) is 2. The topological polar surface area (TPSA) is 85.0 Å². The van der Waals surface area contributed by atoms with E-state index in [1.54, 1.807) is 19.2 Å². The molecular weight excluding hydrogens is 284 g/mol. The Morgan fingerprint density at radius 3 is 2.91 bits per heavy atom. The number of carbonyl (C=O) groups is 1. The van der Waals surface area contributed by atoms with E-state index >= 15 is 0 Å². The zero-order valence-corrected chi connectivity index (χ0v) is 13.1. The minimum absolute atomic E-state index is 0.114. The minimum Gasteiger partial charge on any atom is -0.493 e. The van der Waals surface area contributed by atoms with Gasteiger partial charge in [0.25, 0.3) is 0 Å². The van der Waals surface area contributed by atoms with E-state index in [-0.39, 0.29) is 12.5 Å². The molecule has 22 heavy (non-hydrogen) atoms. The Balaban J connectivity index is 2.10. The monoisotopic (exact) mass is 308 g/mol. The van der Waals surface area contributed by atoms with Crippen molar-refractivity contribution in [1.82, 2.24) is 4.90 Å². The molecule has 1 fully saturated rings.